The summed E-state index contributed by atoms with van der Waals surface area (Å²) in [4.78, 5) is 12.8. The topological polar surface area (TPSA) is 84.5 Å². The SMILES string of the molecule is O=C(NCC1(c2ccccc2)CCC1)c1ccc(S(=O)(=O)NCC2CCCO2)cc1. The molecule has 0 spiro atoms. The van der Waals surface area contributed by atoms with Gasteiger partial charge in [0.25, 0.3) is 5.91 Å². The highest BCUT2D eigenvalue weighted by atomic mass is 32.2. The van der Waals surface area contributed by atoms with E-state index in [-0.39, 0.29) is 28.9 Å². The van der Waals surface area contributed by atoms with E-state index >= 15 is 0 Å². The minimum absolute atomic E-state index is 0.00638. The fourth-order valence-corrected chi connectivity index (χ4v) is 5.26. The van der Waals surface area contributed by atoms with Gasteiger partial charge >= 0.3 is 0 Å². The summed E-state index contributed by atoms with van der Waals surface area (Å²) in [7, 11) is -3.62. The molecule has 0 aromatic heterocycles. The second-order valence-electron chi connectivity index (χ2n) is 8.19. The van der Waals surface area contributed by atoms with E-state index in [4.69, 9.17) is 4.74 Å². The number of hydrogen-bond acceptors (Lipinski definition) is 4. The molecule has 1 heterocycles. The average molecular weight is 429 g/mol. The number of ether oxygens (including phenoxy) is 1. The van der Waals surface area contributed by atoms with Crippen LogP contribution in [0.2, 0.25) is 0 Å². The van der Waals surface area contributed by atoms with Gasteiger partial charge in [-0.1, -0.05) is 36.8 Å². The summed E-state index contributed by atoms with van der Waals surface area (Å²) in [5.41, 5.74) is 1.72. The van der Waals surface area contributed by atoms with E-state index in [2.05, 4.69) is 22.2 Å². The van der Waals surface area contributed by atoms with Crippen LogP contribution in [0.3, 0.4) is 0 Å². The lowest BCUT2D eigenvalue weighted by atomic mass is 9.64. The molecule has 0 radical (unpaired) electrons. The monoisotopic (exact) mass is 428 g/mol. The molecule has 7 heteroatoms. The van der Waals surface area contributed by atoms with Crippen LogP contribution in [-0.2, 0) is 20.2 Å². The summed E-state index contributed by atoms with van der Waals surface area (Å²) in [6.45, 7) is 1.53. The first-order chi connectivity index (χ1) is 14.5. The van der Waals surface area contributed by atoms with Crippen LogP contribution in [0.1, 0.15) is 48.0 Å². The summed E-state index contributed by atoms with van der Waals surface area (Å²) in [5.74, 6) is -0.187. The number of carbonyl (C=O) groups is 1. The van der Waals surface area contributed by atoms with Crippen LogP contribution in [0.5, 0.6) is 0 Å². The van der Waals surface area contributed by atoms with E-state index < -0.39 is 10.0 Å². The Balaban J connectivity index is 1.36. The molecule has 1 unspecified atom stereocenters. The van der Waals surface area contributed by atoms with Gasteiger partial charge in [-0.25, -0.2) is 13.1 Å². The minimum atomic E-state index is -3.62. The lowest BCUT2D eigenvalue weighted by Gasteiger charge is -2.42. The van der Waals surface area contributed by atoms with Gasteiger partial charge in [0, 0.05) is 30.7 Å². The van der Waals surface area contributed by atoms with Crippen molar-refractivity contribution in [2.24, 2.45) is 0 Å². The third-order valence-corrected chi connectivity index (χ3v) is 7.68. The molecule has 4 rings (SSSR count). The highest BCUT2D eigenvalue weighted by Gasteiger charge is 2.38. The molecule has 1 aliphatic carbocycles. The molecule has 2 fully saturated rings. The van der Waals surface area contributed by atoms with E-state index in [0.717, 1.165) is 32.1 Å². The number of benzene rings is 2. The van der Waals surface area contributed by atoms with E-state index in [1.807, 2.05) is 18.2 Å². The van der Waals surface area contributed by atoms with Gasteiger partial charge in [0.15, 0.2) is 0 Å². The Hall–Kier alpha value is -2.22. The third kappa shape index (κ3) is 4.58. The number of rotatable bonds is 8. The zero-order valence-electron chi connectivity index (χ0n) is 17.0. The Morgan fingerprint density at radius 3 is 2.37 bits per heavy atom. The van der Waals surface area contributed by atoms with Gasteiger partial charge in [-0.05, 0) is 55.5 Å². The van der Waals surface area contributed by atoms with Crippen molar-refractivity contribution in [3.05, 3.63) is 65.7 Å². The predicted molar refractivity (Wildman–Crippen MR) is 115 cm³/mol. The van der Waals surface area contributed by atoms with Gasteiger partial charge in [0.2, 0.25) is 10.0 Å². The molecule has 1 saturated heterocycles. The zero-order valence-corrected chi connectivity index (χ0v) is 17.8. The Morgan fingerprint density at radius 2 is 1.77 bits per heavy atom. The van der Waals surface area contributed by atoms with Crippen molar-refractivity contribution >= 4 is 15.9 Å². The Labute approximate surface area is 178 Å². The van der Waals surface area contributed by atoms with Crippen LogP contribution in [0.4, 0.5) is 0 Å². The average Bonchev–Trinajstić information content (AvgIpc) is 3.26. The second kappa shape index (κ2) is 8.88. The molecule has 1 amide bonds. The molecule has 2 N–H and O–H groups in total. The molecule has 0 bridgehead atoms. The molecule has 30 heavy (non-hydrogen) atoms. The number of carbonyl (C=O) groups excluding carboxylic acids is 1. The largest absolute Gasteiger partial charge is 0.377 e. The molecule has 1 saturated carbocycles. The van der Waals surface area contributed by atoms with Crippen LogP contribution in [0.25, 0.3) is 0 Å². The molecular weight excluding hydrogens is 400 g/mol. The molecular formula is C23H28N2O4S. The Morgan fingerprint density at radius 1 is 1.03 bits per heavy atom. The first-order valence-electron chi connectivity index (χ1n) is 10.5. The maximum atomic E-state index is 12.6. The van der Waals surface area contributed by atoms with Crippen LogP contribution < -0.4 is 10.0 Å². The van der Waals surface area contributed by atoms with Gasteiger partial charge in [0.1, 0.15) is 0 Å². The van der Waals surface area contributed by atoms with E-state index in [1.165, 1.54) is 17.7 Å². The van der Waals surface area contributed by atoms with E-state index in [0.29, 0.717) is 18.7 Å². The highest BCUT2D eigenvalue weighted by molar-refractivity contribution is 7.89. The smallest absolute Gasteiger partial charge is 0.251 e. The quantitative estimate of drug-likeness (QED) is 0.677. The third-order valence-electron chi connectivity index (χ3n) is 6.24. The highest BCUT2D eigenvalue weighted by Crippen LogP contribution is 2.43. The number of nitrogens with one attached hydrogen (secondary N) is 2. The van der Waals surface area contributed by atoms with Crippen LogP contribution >= 0.6 is 0 Å². The first-order valence-corrected chi connectivity index (χ1v) is 12.0. The molecule has 1 atom stereocenters. The van der Waals surface area contributed by atoms with Crippen molar-refractivity contribution in [3.63, 3.8) is 0 Å². The van der Waals surface area contributed by atoms with Crippen LogP contribution in [0, 0.1) is 0 Å². The maximum absolute atomic E-state index is 12.6. The van der Waals surface area contributed by atoms with Crippen molar-refractivity contribution in [2.75, 3.05) is 19.7 Å². The molecule has 160 valence electrons. The second-order valence-corrected chi connectivity index (χ2v) is 9.96. The Kier molecular flexibility index (Phi) is 6.22. The van der Waals surface area contributed by atoms with Crippen LogP contribution in [0.15, 0.2) is 59.5 Å². The molecule has 1 aliphatic heterocycles. The lowest BCUT2D eigenvalue weighted by Crippen LogP contribution is -2.45. The fourth-order valence-electron chi connectivity index (χ4n) is 4.19. The standard InChI is InChI=1S/C23H28N2O4S/c26-22(24-17-23(13-5-14-23)19-6-2-1-3-7-19)18-9-11-21(12-10-18)30(27,28)25-16-20-8-4-15-29-20/h1-3,6-7,9-12,20,25H,4-5,8,13-17H2,(H,24,26). The number of amides is 1. The lowest BCUT2D eigenvalue weighted by molar-refractivity contribution is 0.0927. The number of sulfonamides is 1. The summed E-state index contributed by atoms with van der Waals surface area (Å²) >= 11 is 0. The van der Waals surface area contributed by atoms with Gasteiger partial charge in [-0.3, -0.25) is 4.79 Å². The summed E-state index contributed by atoms with van der Waals surface area (Å²) in [5, 5.41) is 3.04. The van der Waals surface area contributed by atoms with Gasteiger partial charge in [-0.2, -0.15) is 0 Å². The van der Waals surface area contributed by atoms with Crippen molar-refractivity contribution in [1.29, 1.82) is 0 Å². The molecule has 6 nitrogen and oxygen atoms in total. The molecule has 2 aliphatic rings. The van der Waals surface area contributed by atoms with Crippen molar-refractivity contribution < 1.29 is 17.9 Å². The van der Waals surface area contributed by atoms with Crippen molar-refractivity contribution in [3.8, 4) is 0 Å². The predicted octanol–water partition coefficient (Wildman–Crippen LogP) is 3.00. The first kappa shape index (κ1) is 21.0. The van der Waals surface area contributed by atoms with Gasteiger partial charge in [0.05, 0.1) is 11.0 Å². The van der Waals surface area contributed by atoms with Crippen molar-refractivity contribution in [1.82, 2.24) is 10.0 Å². The maximum Gasteiger partial charge on any atom is 0.251 e. The Bertz CT molecular complexity index is 964. The van der Waals surface area contributed by atoms with E-state index in [1.54, 1.807) is 12.1 Å². The van der Waals surface area contributed by atoms with Crippen LogP contribution in [-0.4, -0.2) is 40.1 Å². The van der Waals surface area contributed by atoms with Gasteiger partial charge in [-0.15, -0.1) is 0 Å². The normalized spacial score (nSPS) is 20.5. The van der Waals surface area contributed by atoms with Gasteiger partial charge < -0.3 is 10.1 Å². The summed E-state index contributed by atoms with van der Waals surface area (Å²) in [6, 6.07) is 16.4. The van der Waals surface area contributed by atoms with Crippen molar-refractivity contribution in [2.45, 2.75) is 48.5 Å². The van der Waals surface area contributed by atoms with E-state index in [9.17, 15) is 13.2 Å². The minimum Gasteiger partial charge on any atom is -0.377 e. The number of hydrogen-bond donors (Lipinski definition) is 2. The molecule has 2 aromatic carbocycles. The summed E-state index contributed by atoms with van der Waals surface area (Å²) in [6.07, 6.45) is 5.05. The summed E-state index contributed by atoms with van der Waals surface area (Å²) < 4.78 is 33.0. The zero-order chi connectivity index (χ0) is 21.0. The fraction of sp³-hybridized carbons (Fsp3) is 0.435. The molecule has 2 aromatic rings.